The van der Waals surface area contributed by atoms with Gasteiger partial charge in [0.25, 0.3) is 0 Å². The minimum atomic E-state index is -0.156. The summed E-state index contributed by atoms with van der Waals surface area (Å²) < 4.78 is 4.97. The van der Waals surface area contributed by atoms with Gasteiger partial charge in [-0.1, -0.05) is 36.4 Å². The SMILES string of the molecule is CCOC(=O)CCc1ccccc1Cc1ccc(O)cc1. The van der Waals surface area contributed by atoms with Gasteiger partial charge in [0, 0.05) is 6.42 Å². The van der Waals surface area contributed by atoms with Crippen LogP contribution in [0, 0.1) is 0 Å². The Morgan fingerprint density at radius 3 is 2.38 bits per heavy atom. The van der Waals surface area contributed by atoms with Crippen molar-refractivity contribution in [3.8, 4) is 5.75 Å². The van der Waals surface area contributed by atoms with Crippen LogP contribution in [0.5, 0.6) is 5.75 Å². The number of esters is 1. The zero-order valence-corrected chi connectivity index (χ0v) is 12.2. The van der Waals surface area contributed by atoms with Gasteiger partial charge < -0.3 is 9.84 Å². The fourth-order valence-corrected chi connectivity index (χ4v) is 2.28. The highest BCUT2D eigenvalue weighted by atomic mass is 16.5. The van der Waals surface area contributed by atoms with E-state index in [9.17, 15) is 9.90 Å². The summed E-state index contributed by atoms with van der Waals surface area (Å²) in [7, 11) is 0. The maximum Gasteiger partial charge on any atom is 0.306 e. The lowest BCUT2D eigenvalue weighted by Crippen LogP contribution is -2.06. The monoisotopic (exact) mass is 284 g/mol. The zero-order valence-electron chi connectivity index (χ0n) is 12.2. The van der Waals surface area contributed by atoms with E-state index in [0.717, 1.165) is 12.0 Å². The number of hydrogen-bond acceptors (Lipinski definition) is 3. The quantitative estimate of drug-likeness (QED) is 0.826. The molecule has 0 aliphatic carbocycles. The molecule has 0 aromatic heterocycles. The van der Waals surface area contributed by atoms with Crippen molar-refractivity contribution < 1.29 is 14.6 Å². The van der Waals surface area contributed by atoms with E-state index in [1.165, 1.54) is 11.1 Å². The molecule has 110 valence electrons. The number of aromatic hydroxyl groups is 1. The maximum atomic E-state index is 11.5. The highest BCUT2D eigenvalue weighted by Gasteiger charge is 2.07. The largest absolute Gasteiger partial charge is 0.508 e. The fourth-order valence-electron chi connectivity index (χ4n) is 2.28. The number of carbonyl (C=O) groups is 1. The van der Waals surface area contributed by atoms with E-state index in [1.54, 1.807) is 12.1 Å². The number of benzene rings is 2. The lowest BCUT2D eigenvalue weighted by Gasteiger charge is -2.09. The van der Waals surface area contributed by atoms with Gasteiger partial charge in [0.2, 0.25) is 0 Å². The maximum absolute atomic E-state index is 11.5. The van der Waals surface area contributed by atoms with Crippen molar-refractivity contribution >= 4 is 5.97 Å². The molecule has 2 aromatic rings. The van der Waals surface area contributed by atoms with Gasteiger partial charge in [-0.15, -0.1) is 0 Å². The molecule has 0 bridgehead atoms. The van der Waals surface area contributed by atoms with Gasteiger partial charge in [-0.05, 0) is 48.6 Å². The standard InChI is InChI=1S/C18H20O3/c1-2-21-18(20)12-9-15-5-3-4-6-16(15)13-14-7-10-17(19)11-8-14/h3-8,10-11,19H,2,9,12-13H2,1H3. The molecule has 0 radical (unpaired) electrons. The van der Waals surface area contributed by atoms with Crippen LogP contribution in [-0.4, -0.2) is 17.7 Å². The summed E-state index contributed by atoms with van der Waals surface area (Å²) in [5.41, 5.74) is 3.50. The number of carbonyl (C=O) groups excluding carboxylic acids is 1. The predicted molar refractivity (Wildman–Crippen MR) is 82.3 cm³/mol. The van der Waals surface area contributed by atoms with E-state index in [2.05, 4.69) is 12.1 Å². The Morgan fingerprint density at radius 2 is 1.71 bits per heavy atom. The third-order valence-electron chi connectivity index (χ3n) is 3.35. The Bertz CT molecular complexity index is 588. The molecule has 0 aliphatic heterocycles. The first-order valence-electron chi connectivity index (χ1n) is 7.19. The Kier molecular flexibility index (Phi) is 5.38. The van der Waals surface area contributed by atoms with Crippen LogP contribution >= 0.6 is 0 Å². The molecule has 2 rings (SSSR count). The third kappa shape index (κ3) is 4.63. The molecular weight excluding hydrogens is 264 g/mol. The second-order valence-electron chi connectivity index (χ2n) is 4.92. The smallest absolute Gasteiger partial charge is 0.306 e. The summed E-state index contributed by atoms with van der Waals surface area (Å²) in [6.07, 6.45) is 1.88. The normalized spacial score (nSPS) is 10.3. The first kappa shape index (κ1) is 15.1. The lowest BCUT2D eigenvalue weighted by atomic mass is 9.97. The summed E-state index contributed by atoms with van der Waals surface area (Å²) in [5.74, 6) is 0.117. The number of aryl methyl sites for hydroxylation is 1. The second kappa shape index (κ2) is 7.48. The Labute approximate surface area is 125 Å². The van der Waals surface area contributed by atoms with Crippen molar-refractivity contribution in [2.45, 2.75) is 26.2 Å². The van der Waals surface area contributed by atoms with Gasteiger partial charge in [-0.25, -0.2) is 0 Å². The van der Waals surface area contributed by atoms with E-state index >= 15 is 0 Å². The van der Waals surface area contributed by atoms with E-state index in [0.29, 0.717) is 19.4 Å². The molecule has 0 heterocycles. The molecule has 21 heavy (non-hydrogen) atoms. The summed E-state index contributed by atoms with van der Waals surface area (Å²) in [6.45, 7) is 2.24. The highest BCUT2D eigenvalue weighted by molar-refractivity contribution is 5.69. The highest BCUT2D eigenvalue weighted by Crippen LogP contribution is 2.18. The van der Waals surface area contributed by atoms with E-state index in [4.69, 9.17) is 4.74 Å². The van der Waals surface area contributed by atoms with Gasteiger partial charge in [-0.2, -0.15) is 0 Å². The van der Waals surface area contributed by atoms with Crippen LogP contribution in [0.2, 0.25) is 0 Å². The van der Waals surface area contributed by atoms with Crippen LogP contribution in [0.1, 0.15) is 30.0 Å². The van der Waals surface area contributed by atoms with Crippen molar-refractivity contribution in [1.82, 2.24) is 0 Å². The van der Waals surface area contributed by atoms with Crippen molar-refractivity contribution in [3.05, 3.63) is 65.2 Å². The molecule has 3 nitrogen and oxygen atoms in total. The molecule has 0 fully saturated rings. The van der Waals surface area contributed by atoms with E-state index in [-0.39, 0.29) is 11.7 Å². The first-order valence-corrected chi connectivity index (χ1v) is 7.19. The number of phenols is 1. The van der Waals surface area contributed by atoms with Gasteiger partial charge in [0.1, 0.15) is 5.75 Å². The Hall–Kier alpha value is -2.29. The summed E-state index contributed by atoms with van der Waals surface area (Å²) >= 11 is 0. The van der Waals surface area contributed by atoms with Crippen LogP contribution in [0.3, 0.4) is 0 Å². The topological polar surface area (TPSA) is 46.5 Å². The second-order valence-corrected chi connectivity index (χ2v) is 4.92. The van der Waals surface area contributed by atoms with Crippen LogP contribution < -0.4 is 0 Å². The molecule has 1 N–H and O–H groups in total. The average Bonchev–Trinajstić information content (AvgIpc) is 2.49. The van der Waals surface area contributed by atoms with Crippen LogP contribution in [0.4, 0.5) is 0 Å². The molecule has 3 heteroatoms. The van der Waals surface area contributed by atoms with Gasteiger partial charge in [0.15, 0.2) is 0 Å². The zero-order chi connectivity index (χ0) is 15.1. The molecule has 0 saturated heterocycles. The molecule has 0 saturated carbocycles. The molecule has 2 aromatic carbocycles. The minimum absolute atomic E-state index is 0.156. The van der Waals surface area contributed by atoms with Crippen molar-refractivity contribution in [1.29, 1.82) is 0 Å². The van der Waals surface area contributed by atoms with E-state index in [1.807, 2.05) is 31.2 Å². The average molecular weight is 284 g/mol. The van der Waals surface area contributed by atoms with E-state index < -0.39 is 0 Å². The first-order chi connectivity index (χ1) is 10.2. The number of phenolic OH excluding ortho intramolecular Hbond substituents is 1. The van der Waals surface area contributed by atoms with Crippen molar-refractivity contribution in [2.24, 2.45) is 0 Å². The third-order valence-corrected chi connectivity index (χ3v) is 3.35. The van der Waals surface area contributed by atoms with Crippen LogP contribution in [0.15, 0.2) is 48.5 Å². The molecule has 0 atom stereocenters. The fraction of sp³-hybridized carbons (Fsp3) is 0.278. The molecular formula is C18H20O3. The minimum Gasteiger partial charge on any atom is -0.508 e. The number of hydrogen-bond donors (Lipinski definition) is 1. The van der Waals surface area contributed by atoms with Crippen LogP contribution in [-0.2, 0) is 22.4 Å². The molecule has 0 amide bonds. The lowest BCUT2D eigenvalue weighted by molar-refractivity contribution is -0.143. The number of rotatable bonds is 6. The van der Waals surface area contributed by atoms with Gasteiger partial charge in [0.05, 0.1) is 6.61 Å². The molecule has 0 aliphatic rings. The summed E-state index contributed by atoms with van der Waals surface area (Å²) in [4.78, 5) is 11.5. The van der Waals surface area contributed by atoms with Crippen molar-refractivity contribution in [2.75, 3.05) is 6.61 Å². The number of ether oxygens (including phenoxy) is 1. The molecule has 0 spiro atoms. The Morgan fingerprint density at radius 1 is 1.05 bits per heavy atom. The molecule has 0 unspecified atom stereocenters. The summed E-state index contributed by atoms with van der Waals surface area (Å²) in [5, 5.41) is 9.32. The van der Waals surface area contributed by atoms with Gasteiger partial charge in [-0.3, -0.25) is 4.79 Å². The Balaban J connectivity index is 2.06. The van der Waals surface area contributed by atoms with Gasteiger partial charge >= 0.3 is 5.97 Å². The predicted octanol–water partition coefficient (Wildman–Crippen LogP) is 3.48. The van der Waals surface area contributed by atoms with Crippen molar-refractivity contribution in [3.63, 3.8) is 0 Å². The van der Waals surface area contributed by atoms with Crippen LogP contribution in [0.25, 0.3) is 0 Å². The summed E-state index contributed by atoms with van der Waals surface area (Å²) in [6, 6.07) is 15.3.